The number of rotatable bonds is 6. The second kappa shape index (κ2) is 8.07. The number of anilines is 2. The second-order valence-electron chi connectivity index (χ2n) is 6.88. The van der Waals surface area contributed by atoms with E-state index in [1.807, 2.05) is 18.2 Å². The SMILES string of the molecule is C=CCCC1(C)CCN(c2cnc(Sc3cccc(Cl)c3Cl)c(N)n2)C1. The lowest BCUT2D eigenvalue weighted by Crippen LogP contribution is -2.25. The molecule has 3 rings (SSSR count). The van der Waals surface area contributed by atoms with Crippen LogP contribution in [0.1, 0.15) is 26.2 Å². The number of hydrogen-bond donors (Lipinski definition) is 1. The average molecular weight is 409 g/mol. The van der Waals surface area contributed by atoms with E-state index in [0.717, 1.165) is 43.1 Å². The molecule has 0 radical (unpaired) electrons. The molecular formula is C19H22Cl2N4S. The third kappa shape index (κ3) is 4.27. The third-order valence-electron chi connectivity index (χ3n) is 4.71. The van der Waals surface area contributed by atoms with Crippen molar-refractivity contribution in [2.45, 2.75) is 36.1 Å². The first-order chi connectivity index (χ1) is 12.4. The van der Waals surface area contributed by atoms with Crippen molar-refractivity contribution in [3.63, 3.8) is 0 Å². The molecule has 26 heavy (non-hydrogen) atoms. The summed E-state index contributed by atoms with van der Waals surface area (Å²) in [7, 11) is 0. The van der Waals surface area contributed by atoms with E-state index >= 15 is 0 Å². The van der Waals surface area contributed by atoms with Crippen LogP contribution in [0.4, 0.5) is 11.6 Å². The van der Waals surface area contributed by atoms with E-state index in [9.17, 15) is 0 Å². The van der Waals surface area contributed by atoms with E-state index in [4.69, 9.17) is 28.9 Å². The molecule has 1 aromatic heterocycles. The van der Waals surface area contributed by atoms with Gasteiger partial charge in [0.15, 0.2) is 5.82 Å². The Morgan fingerprint density at radius 2 is 2.23 bits per heavy atom. The minimum Gasteiger partial charge on any atom is -0.381 e. The van der Waals surface area contributed by atoms with Crippen LogP contribution in [-0.4, -0.2) is 23.1 Å². The highest BCUT2D eigenvalue weighted by Gasteiger charge is 2.33. The number of benzene rings is 1. The number of nitrogen functional groups attached to an aromatic ring is 1. The average Bonchev–Trinajstić information content (AvgIpc) is 3.01. The van der Waals surface area contributed by atoms with E-state index in [1.54, 1.807) is 12.3 Å². The fraction of sp³-hybridized carbons (Fsp3) is 0.368. The molecule has 7 heteroatoms. The number of allylic oxidation sites excluding steroid dienone is 1. The normalized spacial score (nSPS) is 19.7. The summed E-state index contributed by atoms with van der Waals surface area (Å²) in [5, 5.41) is 1.64. The minimum atomic E-state index is 0.284. The third-order valence-corrected chi connectivity index (χ3v) is 6.71. The van der Waals surface area contributed by atoms with Gasteiger partial charge in [0.05, 0.1) is 16.2 Å². The largest absolute Gasteiger partial charge is 0.381 e. The number of nitrogens with two attached hydrogens (primary N) is 1. The van der Waals surface area contributed by atoms with E-state index in [2.05, 4.69) is 28.4 Å². The van der Waals surface area contributed by atoms with Gasteiger partial charge >= 0.3 is 0 Å². The molecule has 2 N–H and O–H groups in total. The van der Waals surface area contributed by atoms with Crippen LogP contribution in [0, 0.1) is 5.41 Å². The summed E-state index contributed by atoms with van der Waals surface area (Å²) in [4.78, 5) is 12.2. The van der Waals surface area contributed by atoms with E-state index < -0.39 is 0 Å². The lowest BCUT2D eigenvalue weighted by atomic mass is 9.85. The van der Waals surface area contributed by atoms with Gasteiger partial charge in [0.2, 0.25) is 0 Å². The summed E-state index contributed by atoms with van der Waals surface area (Å²) in [5.41, 5.74) is 6.45. The van der Waals surface area contributed by atoms with Crippen LogP contribution >= 0.6 is 35.0 Å². The topological polar surface area (TPSA) is 55.0 Å². The molecule has 138 valence electrons. The van der Waals surface area contributed by atoms with Crippen molar-refractivity contribution in [2.75, 3.05) is 23.7 Å². The van der Waals surface area contributed by atoms with Crippen molar-refractivity contribution in [2.24, 2.45) is 5.41 Å². The summed E-state index contributed by atoms with van der Waals surface area (Å²) < 4.78 is 0. The number of hydrogen-bond acceptors (Lipinski definition) is 5. The Morgan fingerprint density at radius 1 is 1.42 bits per heavy atom. The Bertz CT molecular complexity index is 814. The van der Waals surface area contributed by atoms with Crippen molar-refractivity contribution < 1.29 is 0 Å². The lowest BCUT2D eigenvalue weighted by molar-refractivity contribution is 0.341. The molecule has 4 nitrogen and oxygen atoms in total. The Morgan fingerprint density at radius 3 is 2.96 bits per heavy atom. The van der Waals surface area contributed by atoms with Gasteiger partial charge < -0.3 is 10.6 Å². The van der Waals surface area contributed by atoms with Gasteiger partial charge in [-0.05, 0) is 36.8 Å². The van der Waals surface area contributed by atoms with Gasteiger partial charge in [-0.2, -0.15) is 0 Å². The Balaban J connectivity index is 1.74. The van der Waals surface area contributed by atoms with Gasteiger partial charge in [0.1, 0.15) is 10.8 Å². The summed E-state index contributed by atoms with van der Waals surface area (Å²) >= 11 is 13.7. The van der Waals surface area contributed by atoms with Gasteiger partial charge in [0.25, 0.3) is 0 Å². The van der Waals surface area contributed by atoms with Gasteiger partial charge in [-0.3, -0.25) is 0 Å². The summed E-state index contributed by atoms with van der Waals surface area (Å²) in [6.45, 7) is 8.07. The predicted octanol–water partition coefficient (Wildman–Crippen LogP) is 5.70. The first-order valence-electron chi connectivity index (χ1n) is 8.52. The maximum atomic E-state index is 6.25. The molecule has 0 spiro atoms. The first kappa shape index (κ1) is 19.3. The molecule has 1 aliphatic rings. The van der Waals surface area contributed by atoms with Gasteiger partial charge in [-0.25, -0.2) is 9.97 Å². The van der Waals surface area contributed by atoms with Crippen molar-refractivity contribution in [3.8, 4) is 0 Å². The standard InChI is InChI=1S/C19H22Cl2N4S/c1-3-4-8-19(2)9-10-25(12-19)15-11-23-18(17(22)24-15)26-14-7-5-6-13(20)16(14)21/h3,5-7,11H,1,4,8-10,12H2,2H3,(H2,22,24). The monoisotopic (exact) mass is 408 g/mol. The quantitative estimate of drug-likeness (QED) is 0.621. The molecule has 0 bridgehead atoms. The molecule has 2 aromatic rings. The van der Waals surface area contributed by atoms with Crippen molar-refractivity contribution in [1.29, 1.82) is 0 Å². The zero-order valence-corrected chi connectivity index (χ0v) is 17.0. The number of nitrogens with zero attached hydrogens (tertiary/aromatic N) is 3. The van der Waals surface area contributed by atoms with Crippen molar-refractivity contribution in [3.05, 3.63) is 47.1 Å². The van der Waals surface area contributed by atoms with Crippen LogP contribution in [0.5, 0.6) is 0 Å². The molecule has 1 saturated heterocycles. The Hall–Kier alpha value is -1.43. The Kier molecular flexibility index (Phi) is 6.00. The highest BCUT2D eigenvalue weighted by molar-refractivity contribution is 7.99. The molecule has 1 aromatic carbocycles. The fourth-order valence-corrected chi connectivity index (χ4v) is 4.44. The van der Waals surface area contributed by atoms with E-state index in [-0.39, 0.29) is 5.41 Å². The van der Waals surface area contributed by atoms with Gasteiger partial charge in [-0.15, -0.1) is 6.58 Å². The molecule has 1 aliphatic heterocycles. The van der Waals surface area contributed by atoms with Crippen LogP contribution in [0.15, 0.2) is 47.0 Å². The molecule has 1 atom stereocenters. The summed E-state index contributed by atoms with van der Waals surface area (Å²) in [6, 6.07) is 5.49. The fourth-order valence-electron chi connectivity index (χ4n) is 3.15. The second-order valence-corrected chi connectivity index (χ2v) is 8.70. The maximum absolute atomic E-state index is 6.25. The smallest absolute Gasteiger partial charge is 0.158 e. The van der Waals surface area contributed by atoms with Crippen LogP contribution in [0.3, 0.4) is 0 Å². The highest BCUT2D eigenvalue weighted by Crippen LogP contribution is 2.39. The Labute approximate surface area is 168 Å². The highest BCUT2D eigenvalue weighted by atomic mass is 35.5. The molecule has 0 amide bonds. The molecule has 2 heterocycles. The molecule has 0 aliphatic carbocycles. The first-order valence-corrected chi connectivity index (χ1v) is 10.1. The van der Waals surface area contributed by atoms with Crippen LogP contribution in [0.2, 0.25) is 10.0 Å². The summed E-state index contributed by atoms with van der Waals surface area (Å²) in [5.74, 6) is 1.23. The van der Waals surface area contributed by atoms with E-state index in [0.29, 0.717) is 20.9 Å². The predicted molar refractivity (Wildman–Crippen MR) is 111 cm³/mol. The molecule has 1 fully saturated rings. The minimum absolute atomic E-state index is 0.284. The zero-order valence-electron chi connectivity index (χ0n) is 14.7. The lowest BCUT2D eigenvalue weighted by Gasteiger charge is -2.24. The van der Waals surface area contributed by atoms with E-state index in [1.165, 1.54) is 11.8 Å². The van der Waals surface area contributed by atoms with Crippen molar-refractivity contribution in [1.82, 2.24) is 9.97 Å². The molecule has 0 saturated carbocycles. The maximum Gasteiger partial charge on any atom is 0.158 e. The molecular weight excluding hydrogens is 387 g/mol. The number of halogens is 2. The molecule has 1 unspecified atom stereocenters. The summed E-state index contributed by atoms with van der Waals surface area (Å²) in [6.07, 6.45) is 7.08. The van der Waals surface area contributed by atoms with Gasteiger partial charge in [0, 0.05) is 18.0 Å². The zero-order chi connectivity index (χ0) is 18.7. The van der Waals surface area contributed by atoms with Crippen LogP contribution in [-0.2, 0) is 0 Å². The number of aromatic nitrogens is 2. The van der Waals surface area contributed by atoms with Crippen LogP contribution < -0.4 is 10.6 Å². The van der Waals surface area contributed by atoms with Crippen LogP contribution in [0.25, 0.3) is 0 Å². The van der Waals surface area contributed by atoms with Gasteiger partial charge in [-0.1, -0.05) is 54.0 Å². The van der Waals surface area contributed by atoms with Crippen molar-refractivity contribution >= 4 is 46.6 Å².